The van der Waals surface area contributed by atoms with E-state index in [0.717, 1.165) is 12.5 Å². The van der Waals surface area contributed by atoms with Gasteiger partial charge in [0.1, 0.15) is 22.9 Å². The number of carbonyl (C=O) groups is 1. The Hall–Kier alpha value is -2.20. The van der Waals surface area contributed by atoms with Gasteiger partial charge in [0, 0.05) is 6.07 Å². The largest absolute Gasteiger partial charge is 0.478 e. The number of rotatable bonds is 4. The van der Waals surface area contributed by atoms with Crippen LogP contribution in [-0.4, -0.2) is 39.7 Å². The molecular weight excluding hydrogens is 298 g/mol. The fraction of sp³-hybridized carbons (Fsp3) is 0. The molecule has 0 atom stereocenters. The highest BCUT2D eigenvalue weighted by Gasteiger charge is 2.25. The van der Waals surface area contributed by atoms with Gasteiger partial charge in [0.2, 0.25) is 0 Å². The van der Waals surface area contributed by atoms with Crippen LogP contribution in [0.1, 0.15) is 10.4 Å². The number of halogens is 1. The van der Waals surface area contributed by atoms with Gasteiger partial charge in [0.15, 0.2) is 5.03 Å². The summed E-state index contributed by atoms with van der Waals surface area (Å²) in [4.78, 5) is 18.1. The number of hydrogen-bond acceptors (Lipinski definition) is 6. The molecule has 2 heterocycles. The van der Waals surface area contributed by atoms with Crippen molar-refractivity contribution in [1.82, 2.24) is 20.2 Å². The van der Waals surface area contributed by atoms with E-state index in [4.69, 9.17) is 16.7 Å². The van der Waals surface area contributed by atoms with E-state index in [2.05, 4.69) is 24.9 Å². The van der Waals surface area contributed by atoms with Gasteiger partial charge < -0.3 is 5.11 Å². The van der Waals surface area contributed by atoms with Crippen LogP contribution in [0.25, 0.3) is 0 Å². The molecule has 0 saturated carbocycles. The summed E-state index contributed by atoms with van der Waals surface area (Å²) >= 11 is 5.58. The van der Waals surface area contributed by atoms with Crippen molar-refractivity contribution in [3.8, 4) is 0 Å². The van der Waals surface area contributed by atoms with Crippen molar-refractivity contribution >= 4 is 33.4 Å². The first kappa shape index (κ1) is 13.2. The first-order valence-electron chi connectivity index (χ1n) is 4.67. The molecule has 9 nitrogen and oxygen atoms in total. The Kier molecular flexibility index (Phi) is 3.36. The third kappa shape index (κ3) is 2.80. The van der Waals surface area contributed by atoms with E-state index in [1.165, 1.54) is 6.07 Å². The van der Waals surface area contributed by atoms with E-state index >= 15 is 0 Å². The fourth-order valence-electron chi connectivity index (χ4n) is 1.21. The van der Waals surface area contributed by atoms with Crippen LogP contribution in [0.2, 0.25) is 5.15 Å². The fourth-order valence-corrected chi connectivity index (χ4v) is 2.45. The smallest absolute Gasteiger partial charge is 0.340 e. The summed E-state index contributed by atoms with van der Waals surface area (Å²) in [5, 5.41) is 13.8. The maximum Gasteiger partial charge on any atom is 0.340 e. The Morgan fingerprint density at radius 2 is 2.16 bits per heavy atom. The van der Waals surface area contributed by atoms with Gasteiger partial charge in [-0.3, -0.25) is 9.82 Å². The SMILES string of the molecule is O=C(O)c1cn[nH]c1S(=O)(=O)Nc1cc(Cl)ncn1. The molecule has 0 saturated heterocycles. The molecule has 2 aromatic heterocycles. The van der Waals surface area contributed by atoms with Gasteiger partial charge in [0.25, 0.3) is 10.0 Å². The third-order valence-electron chi connectivity index (χ3n) is 1.98. The minimum absolute atomic E-state index is 0.0377. The molecule has 0 spiro atoms. The second-order valence-electron chi connectivity index (χ2n) is 3.25. The number of aromatic amines is 1. The lowest BCUT2D eigenvalue weighted by Gasteiger charge is -2.05. The lowest BCUT2D eigenvalue weighted by Crippen LogP contribution is -2.17. The van der Waals surface area contributed by atoms with E-state index in [9.17, 15) is 13.2 Å². The minimum Gasteiger partial charge on any atom is -0.478 e. The number of H-pyrrole nitrogens is 1. The van der Waals surface area contributed by atoms with Crippen molar-refractivity contribution in [3.63, 3.8) is 0 Å². The van der Waals surface area contributed by atoms with E-state index in [1.807, 2.05) is 0 Å². The van der Waals surface area contributed by atoms with Gasteiger partial charge in [-0.1, -0.05) is 11.6 Å². The summed E-state index contributed by atoms with van der Waals surface area (Å²) in [6, 6.07) is 1.18. The molecule has 0 radical (unpaired) electrons. The third-order valence-corrected chi connectivity index (χ3v) is 3.51. The molecule has 0 fully saturated rings. The van der Waals surface area contributed by atoms with Crippen LogP contribution in [0.4, 0.5) is 5.82 Å². The van der Waals surface area contributed by atoms with Crippen LogP contribution in [0.3, 0.4) is 0 Å². The lowest BCUT2D eigenvalue weighted by atomic mass is 10.4. The molecule has 0 aromatic carbocycles. The van der Waals surface area contributed by atoms with Crippen LogP contribution >= 0.6 is 11.6 Å². The summed E-state index contributed by atoms with van der Waals surface area (Å²) in [5.74, 6) is -1.51. The Balaban J connectivity index is 2.38. The molecule has 0 aliphatic rings. The predicted molar refractivity (Wildman–Crippen MR) is 63.4 cm³/mol. The Labute approximate surface area is 111 Å². The van der Waals surface area contributed by atoms with Crippen molar-refractivity contribution in [2.75, 3.05) is 4.72 Å². The van der Waals surface area contributed by atoms with Crippen molar-refractivity contribution < 1.29 is 18.3 Å². The zero-order chi connectivity index (χ0) is 14.0. The van der Waals surface area contributed by atoms with Gasteiger partial charge in [-0.05, 0) is 0 Å². The first-order valence-corrected chi connectivity index (χ1v) is 6.53. The average Bonchev–Trinajstić information content (AvgIpc) is 2.77. The van der Waals surface area contributed by atoms with Crippen molar-refractivity contribution in [2.45, 2.75) is 5.03 Å². The van der Waals surface area contributed by atoms with E-state index in [0.29, 0.717) is 0 Å². The number of anilines is 1. The van der Waals surface area contributed by atoms with Crippen LogP contribution in [0.5, 0.6) is 0 Å². The monoisotopic (exact) mass is 303 g/mol. The highest BCUT2D eigenvalue weighted by Crippen LogP contribution is 2.17. The number of aromatic nitrogens is 4. The zero-order valence-corrected chi connectivity index (χ0v) is 10.6. The topological polar surface area (TPSA) is 138 Å². The van der Waals surface area contributed by atoms with Crippen molar-refractivity contribution in [1.29, 1.82) is 0 Å². The molecular formula is C8H6ClN5O4S. The van der Waals surface area contributed by atoms with Gasteiger partial charge in [-0.25, -0.2) is 14.8 Å². The number of nitrogens with one attached hydrogen (secondary N) is 2. The van der Waals surface area contributed by atoms with Crippen LogP contribution in [0, 0.1) is 0 Å². The average molecular weight is 304 g/mol. The summed E-state index contributed by atoms with van der Waals surface area (Å²) < 4.78 is 26.0. The van der Waals surface area contributed by atoms with Gasteiger partial charge in [-0.15, -0.1) is 0 Å². The van der Waals surface area contributed by atoms with E-state index in [-0.39, 0.29) is 11.0 Å². The van der Waals surface area contributed by atoms with Crippen LogP contribution in [0.15, 0.2) is 23.6 Å². The van der Waals surface area contributed by atoms with E-state index < -0.39 is 26.6 Å². The zero-order valence-electron chi connectivity index (χ0n) is 9.03. The Bertz CT molecular complexity index is 728. The minimum atomic E-state index is -4.16. The molecule has 2 aromatic rings. The summed E-state index contributed by atoms with van der Waals surface area (Å²) in [7, 11) is -4.16. The second-order valence-corrected chi connectivity index (χ2v) is 5.26. The molecule has 0 bridgehead atoms. The molecule has 11 heteroatoms. The molecule has 0 aliphatic heterocycles. The maximum atomic E-state index is 12.0. The first-order chi connectivity index (χ1) is 8.90. The van der Waals surface area contributed by atoms with Crippen molar-refractivity contribution in [2.24, 2.45) is 0 Å². The summed E-state index contributed by atoms with van der Waals surface area (Å²) in [6.45, 7) is 0. The Morgan fingerprint density at radius 1 is 1.42 bits per heavy atom. The Morgan fingerprint density at radius 3 is 2.79 bits per heavy atom. The standard InChI is InChI=1S/C8H6ClN5O4S/c9-5-1-6(11-3-10-5)14-19(17,18)7-4(8(15)16)2-12-13-7/h1-3H,(H,12,13)(H,15,16)(H,10,11,14). The number of nitrogens with zero attached hydrogens (tertiary/aromatic N) is 3. The number of hydrogen-bond donors (Lipinski definition) is 3. The lowest BCUT2D eigenvalue weighted by molar-refractivity contribution is 0.0692. The molecule has 0 amide bonds. The number of carboxylic acids is 1. The number of aromatic carboxylic acids is 1. The number of sulfonamides is 1. The second kappa shape index (κ2) is 4.82. The van der Waals surface area contributed by atoms with Crippen LogP contribution in [-0.2, 0) is 10.0 Å². The maximum absolute atomic E-state index is 12.0. The highest BCUT2D eigenvalue weighted by atomic mass is 35.5. The van der Waals surface area contributed by atoms with Crippen LogP contribution < -0.4 is 4.72 Å². The molecule has 100 valence electrons. The number of carboxylic acid groups (broad SMARTS) is 1. The molecule has 19 heavy (non-hydrogen) atoms. The molecule has 0 unspecified atom stereocenters. The summed E-state index contributed by atoms with van der Waals surface area (Å²) in [5.41, 5.74) is -0.479. The highest BCUT2D eigenvalue weighted by molar-refractivity contribution is 7.92. The van der Waals surface area contributed by atoms with E-state index in [1.54, 1.807) is 0 Å². The quantitative estimate of drug-likeness (QED) is 0.693. The normalized spacial score (nSPS) is 11.2. The van der Waals surface area contributed by atoms with Crippen molar-refractivity contribution in [3.05, 3.63) is 29.3 Å². The van der Waals surface area contributed by atoms with Gasteiger partial charge >= 0.3 is 5.97 Å². The predicted octanol–water partition coefficient (Wildman–Crippen LogP) is 0.352. The summed E-state index contributed by atoms with van der Waals surface area (Å²) in [6.07, 6.45) is 1.95. The molecule has 3 N–H and O–H groups in total. The molecule has 0 aliphatic carbocycles. The molecule has 2 rings (SSSR count). The van der Waals surface area contributed by atoms with Gasteiger partial charge in [-0.2, -0.15) is 13.5 Å². The van der Waals surface area contributed by atoms with Gasteiger partial charge in [0.05, 0.1) is 6.20 Å².